The summed E-state index contributed by atoms with van der Waals surface area (Å²) in [6, 6.07) is 13.5. The van der Waals surface area contributed by atoms with E-state index in [1.54, 1.807) is 11.9 Å². The molecule has 0 aliphatic heterocycles. The highest BCUT2D eigenvalue weighted by Gasteiger charge is 2.19. The van der Waals surface area contributed by atoms with Crippen molar-refractivity contribution in [3.63, 3.8) is 0 Å². The summed E-state index contributed by atoms with van der Waals surface area (Å²) in [5, 5.41) is 3.94. The minimum Gasteiger partial charge on any atom is -0.346 e. The van der Waals surface area contributed by atoms with E-state index in [0.717, 1.165) is 33.5 Å². The predicted molar refractivity (Wildman–Crippen MR) is 144 cm³/mol. The number of amides is 2. The Morgan fingerprint density at radius 1 is 1.06 bits per heavy atom. The van der Waals surface area contributed by atoms with Crippen molar-refractivity contribution in [1.29, 1.82) is 0 Å². The fourth-order valence-corrected chi connectivity index (χ4v) is 4.31. The maximum Gasteiger partial charge on any atom is 0.255 e. The van der Waals surface area contributed by atoms with Gasteiger partial charge in [-0.15, -0.1) is 0 Å². The number of hydrogen-bond acceptors (Lipinski definition) is 4. The Hall–Kier alpha value is -4.00. The summed E-state index contributed by atoms with van der Waals surface area (Å²) in [5.74, 6) is -0.0928. The van der Waals surface area contributed by atoms with Gasteiger partial charge in [0.2, 0.25) is 5.91 Å². The number of hydrogen-bond donors (Lipinski definition) is 2. The summed E-state index contributed by atoms with van der Waals surface area (Å²) in [6.45, 7) is 10.7. The molecule has 0 saturated heterocycles. The number of nitrogens with one attached hydrogen (secondary N) is 2. The molecule has 0 aliphatic carbocycles. The molecule has 0 aliphatic rings. The number of fused-ring (bicyclic) bond motifs is 1. The number of nitrogens with zero attached hydrogens (tertiary/aromatic N) is 3. The third-order valence-corrected chi connectivity index (χ3v) is 6.54. The summed E-state index contributed by atoms with van der Waals surface area (Å²) in [5.41, 5.74) is 6.75. The van der Waals surface area contributed by atoms with E-state index in [9.17, 15) is 9.59 Å². The van der Waals surface area contributed by atoms with Crippen LogP contribution in [0.4, 0.5) is 5.69 Å². The van der Waals surface area contributed by atoms with Gasteiger partial charge in [0.05, 0.1) is 11.1 Å². The second kappa shape index (κ2) is 9.93. The van der Waals surface area contributed by atoms with Crippen molar-refractivity contribution in [2.24, 2.45) is 0 Å². The molecule has 7 nitrogen and oxygen atoms in total. The van der Waals surface area contributed by atoms with Crippen LogP contribution in [0.3, 0.4) is 0 Å². The molecule has 2 amide bonds. The van der Waals surface area contributed by atoms with Crippen LogP contribution in [0.25, 0.3) is 22.3 Å². The van der Waals surface area contributed by atoms with Crippen molar-refractivity contribution in [2.45, 2.75) is 53.0 Å². The Balaban J connectivity index is 1.67. The van der Waals surface area contributed by atoms with Gasteiger partial charge in [0, 0.05) is 48.6 Å². The molecular weight excluding hydrogens is 450 g/mol. The summed E-state index contributed by atoms with van der Waals surface area (Å²) >= 11 is 0. The zero-order valence-electron chi connectivity index (χ0n) is 21.8. The van der Waals surface area contributed by atoms with E-state index in [1.807, 2.05) is 62.5 Å². The molecule has 0 fully saturated rings. The first kappa shape index (κ1) is 25.1. The summed E-state index contributed by atoms with van der Waals surface area (Å²) in [4.78, 5) is 39.1. The Morgan fingerprint density at radius 3 is 2.44 bits per heavy atom. The van der Waals surface area contributed by atoms with Crippen molar-refractivity contribution >= 4 is 28.5 Å². The van der Waals surface area contributed by atoms with E-state index in [1.165, 1.54) is 11.9 Å². The molecule has 0 bridgehead atoms. The predicted octanol–water partition coefficient (Wildman–Crippen LogP) is 5.85. The van der Waals surface area contributed by atoms with Gasteiger partial charge in [-0.25, -0.2) is 9.97 Å². The van der Waals surface area contributed by atoms with Crippen molar-refractivity contribution in [3.05, 3.63) is 77.2 Å². The number of carbonyl (C=O) groups is 2. The van der Waals surface area contributed by atoms with Crippen molar-refractivity contribution < 1.29 is 9.59 Å². The van der Waals surface area contributed by atoms with Crippen molar-refractivity contribution in [3.8, 4) is 11.3 Å². The first-order valence-electron chi connectivity index (χ1n) is 12.2. The first-order valence-corrected chi connectivity index (χ1v) is 12.2. The van der Waals surface area contributed by atoms with Crippen LogP contribution in [-0.4, -0.2) is 38.7 Å². The number of carbonyl (C=O) groups excluding carboxylic acids is 2. The van der Waals surface area contributed by atoms with Gasteiger partial charge < -0.3 is 15.2 Å². The molecule has 0 atom stereocenters. The van der Waals surface area contributed by atoms with Gasteiger partial charge >= 0.3 is 0 Å². The fraction of sp³-hybridized carbons (Fsp3) is 0.310. The third kappa shape index (κ3) is 5.00. The molecule has 0 spiro atoms. The van der Waals surface area contributed by atoms with Crippen molar-refractivity contribution in [2.75, 3.05) is 12.4 Å². The van der Waals surface area contributed by atoms with Gasteiger partial charge in [0.1, 0.15) is 12.0 Å². The van der Waals surface area contributed by atoms with Crippen molar-refractivity contribution in [1.82, 2.24) is 19.9 Å². The number of anilines is 1. The number of rotatable bonds is 6. The molecule has 4 rings (SSSR count). The molecule has 0 unspecified atom stereocenters. The van der Waals surface area contributed by atoms with Gasteiger partial charge in [-0.1, -0.05) is 52.0 Å². The van der Waals surface area contributed by atoms with Crippen LogP contribution < -0.4 is 5.32 Å². The molecule has 36 heavy (non-hydrogen) atoms. The quantitative estimate of drug-likeness (QED) is 0.360. The summed E-state index contributed by atoms with van der Waals surface area (Å²) < 4.78 is 0. The van der Waals surface area contributed by atoms with Crippen LogP contribution in [-0.2, 0) is 16.8 Å². The highest BCUT2D eigenvalue weighted by molar-refractivity contribution is 6.05. The average molecular weight is 484 g/mol. The van der Waals surface area contributed by atoms with Gasteiger partial charge in [0.25, 0.3) is 5.91 Å². The Labute approximate surface area is 212 Å². The third-order valence-electron chi connectivity index (χ3n) is 6.54. The lowest BCUT2D eigenvalue weighted by Gasteiger charge is -2.19. The molecule has 2 heterocycles. The van der Waals surface area contributed by atoms with Crippen LogP contribution in [0.1, 0.15) is 61.2 Å². The maximum atomic E-state index is 13.0. The second-order valence-corrected chi connectivity index (χ2v) is 10.1. The van der Waals surface area contributed by atoms with Crippen LogP contribution in [0.5, 0.6) is 0 Å². The normalized spacial score (nSPS) is 11.5. The molecule has 0 radical (unpaired) electrons. The van der Waals surface area contributed by atoms with E-state index in [-0.39, 0.29) is 17.2 Å². The van der Waals surface area contributed by atoms with Crippen LogP contribution in [0.2, 0.25) is 0 Å². The molecule has 7 heteroatoms. The maximum absolute atomic E-state index is 13.0. The highest BCUT2D eigenvalue weighted by Crippen LogP contribution is 2.34. The lowest BCUT2D eigenvalue weighted by Crippen LogP contribution is -2.25. The van der Waals surface area contributed by atoms with Gasteiger partial charge in [-0.2, -0.15) is 0 Å². The molecule has 2 aromatic heterocycles. The first-order chi connectivity index (χ1) is 17.1. The molecule has 0 saturated carbocycles. The number of aromatic nitrogens is 3. The highest BCUT2D eigenvalue weighted by atomic mass is 16.2. The monoisotopic (exact) mass is 483 g/mol. The van der Waals surface area contributed by atoms with Gasteiger partial charge in [-0.3, -0.25) is 9.59 Å². The molecule has 186 valence electrons. The van der Waals surface area contributed by atoms with Gasteiger partial charge in [0.15, 0.2) is 0 Å². The Bertz CT molecular complexity index is 1410. The van der Waals surface area contributed by atoms with E-state index in [4.69, 9.17) is 0 Å². The molecular formula is C29H33N5O2. The standard InChI is InChI=1S/C29H33N5O2/c1-7-24(35)34(6)16-20-15-30-27-25(20)26(31-17-32-27)22-9-8-10-23(18(22)2)33-28(36)19-11-13-21(14-12-19)29(3,4)5/h8-15,17H,7,16H2,1-6H3,(H,33,36)(H,30,31,32). The average Bonchev–Trinajstić information content (AvgIpc) is 3.27. The van der Waals surface area contributed by atoms with Crippen LogP contribution in [0, 0.1) is 6.92 Å². The van der Waals surface area contributed by atoms with Gasteiger partial charge in [-0.05, 0) is 41.7 Å². The fourth-order valence-electron chi connectivity index (χ4n) is 4.31. The second-order valence-electron chi connectivity index (χ2n) is 10.1. The van der Waals surface area contributed by atoms with Crippen LogP contribution in [0.15, 0.2) is 55.0 Å². The largest absolute Gasteiger partial charge is 0.346 e. The lowest BCUT2D eigenvalue weighted by molar-refractivity contribution is -0.130. The van der Waals surface area contributed by atoms with E-state index in [0.29, 0.717) is 24.2 Å². The van der Waals surface area contributed by atoms with Crippen LogP contribution >= 0.6 is 0 Å². The Kier molecular flexibility index (Phi) is 6.93. The molecule has 2 N–H and O–H groups in total. The summed E-state index contributed by atoms with van der Waals surface area (Å²) in [7, 11) is 1.80. The zero-order valence-corrected chi connectivity index (χ0v) is 21.8. The minimum atomic E-state index is -0.162. The molecule has 4 aromatic rings. The van der Waals surface area contributed by atoms with E-state index >= 15 is 0 Å². The zero-order chi connectivity index (χ0) is 26.0. The number of aromatic amines is 1. The number of H-pyrrole nitrogens is 1. The summed E-state index contributed by atoms with van der Waals surface area (Å²) in [6.07, 6.45) is 3.85. The van der Waals surface area contributed by atoms with E-state index < -0.39 is 0 Å². The van der Waals surface area contributed by atoms with E-state index in [2.05, 4.69) is 41.0 Å². The lowest BCUT2D eigenvalue weighted by atomic mass is 9.86. The molecule has 2 aromatic carbocycles. The SMILES string of the molecule is CCC(=O)N(C)Cc1c[nH]c2ncnc(-c3cccc(NC(=O)c4ccc(C(C)(C)C)cc4)c3C)c12. The minimum absolute atomic E-state index is 0.0263. The topological polar surface area (TPSA) is 91.0 Å². The Morgan fingerprint density at radius 2 is 1.78 bits per heavy atom. The smallest absolute Gasteiger partial charge is 0.255 e. The number of benzene rings is 2.